The van der Waals surface area contributed by atoms with E-state index in [0.717, 1.165) is 19.3 Å². The van der Waals surface area contributed by atoms with Gasteiger partial charge in [0.05, 0.1) is 23.9 Å². The van der Waals surface area contributed by atoms with Gasteiger partial charge in [-0.05, 0) is 72.5 Å². The Bertz CT molecular complexity index is 1020. The van der Waals surface area contributed by atoms with Crippen molar-refractivity contribution in [2.24, 2.45) is 5.41 Å². The number of carbonyl (C=O) groups is 4. The van der Waals surface area contributed by atoms with Gasteiger partial charge in [-0.15, -0.1) is 6.58 Å². The summed E-state index contributed by atoms with van der Waals surface area (Å²) in [5, 5.41) is 2.27. The molecule has 0 aliphatic heterocycles. The Morgan fingerprint density at radius 2 is 1.51 bits per heavy atom. The molecule has 1 aliphatic carbocycles. The van der Waals surface area contributed by atoms with E-state index < -0.39 is 40.9 Å². The summed E-state index contributed by atoms with van der Waals surface area (Å²) in [6.07, 6.45) is 5.21. The minimum Gasteiger partial charge on any atom is -0.455 e. The lowest BCUT2D eigenvalue weighted by molar-refractivity contribution is -0.146. The van der Waals surface area contributed by atoms with E-state index in [4.69, 9.17) is 18.9 Å². The van der Waals surface area contributed by atoms with Crippen molar-refractivity contribution in [3.8, 4) is 0 Å². The molecule has 0 heterocycles. The van der Waals surface area contributed by atoms with E-state index in [2.05, 4.69) is 25.1 Å². The smallest absolute Gasteiger partial charge is 0.333 e. The molecule has 0 bridgehead atoms. The van der Waals surface area contributed by atoms with Gasteiger partial charge in [0, 0.05) is 23.2 Å². The topological polar surface area (TPSA) is 117 Å². The zero-order valence-electron chi connectivity index (χ0n) is 26.3. The number of carbonyl (C=O) groups excluding carboxylic acids is 4. The normalized spacial score (nSPS) is 19.2. The van der Waals surface area contributed by atoms with Crippen LogP contribution in [0, 0.1) is 5.41 Å². The first-order valence-electron chi connectivity index (χ1n) is 14.0. The summed E-state index contributed by atoms with van der Waals surface area (Å²) in [5.41, 5.74) is -1.44. The van der Waals surface area contributed by atoms with E-state index in [9.17, 15) is 19.2 Å². The van der Waals surface area contributed by atoms with E-state index in [0.29, 0.717) is 13.0 Å². The van der Waals surface area contributed by atoms with E-state index in [-0.39, 0.29) is 41.6 Å². The Kier molecular flexibility index (Phi) is 13.2. The van der Waals surface area contributed by atoms with Gasteiger partial charge in [-0.25, -0.2) is 9.59 Å². The Labute approximate surface area is 246 Å². The zero-order chi connectivity index (χ0) is 31.6. The second kappa shape index (κ2) is 15.0. The molecule has 0 saturated heterocycles. The van der Waals surface area contributed by atoms with Crippen LogP contribution in [0.3, 0.4) is 0 Å². The molecule has 0 aromatic heterocycles. The second-order valence-electron chi connectivity index (χ2n) is 13.1. The highest BCUT2D eigenvalue weighted by Gasteiger charge is 2.46. The first-order chi connectivity index (χ1) is 18.7. The van der Waals surface area contributed by atoms with Crippen LogP contribution in [0.4, 0.5) is 0 Å². The van der Waals surface area contributed by atoms with Crippen molar-refractivity contribution in [3.63, 3.8) is 0 Å². The fourth-order valence-electron chi connectivity index (χ4n) is 4.84. The number of hydrogen-bond acceptors (Lipinski definition) is 8. The number of rotatable bonds is 18. The molecule has 1 radical (unpaired) electrons. The molecule has 9 nitrogen and oxygen atoms in total. The fourth-order valence-corrected chi connectivity index (χ4v) is 4.84. The SMILES string of the molecule is C=CC1(CC(C)(C)OCC(C)(C)NC(=O)COC(=O)C(=C)C)CCCC1OCC(C)(C)[B]C(=O)COC(=O)C(=C)C. The summed E-state index contributed by atoms with van der Waals surface area (Å²) in [5.74, 6) is -1.64. The van der Waals surface area contributed by atoms with Gasteiger partial charge < -0.3 is 29.1 Å². The average molecular weight is 575 g/mol. The molecule has 2 unspecified atom stereocenters. The average Bonchev–Trinajstić information content (AvgIpc) is 3.24. The zero-order valence-corrected chi connectivity index (χ0v) is 26.3. The number of nitrogens with one attached hydrogen (secondary N) is 1. The minimum atomic E-state index is -0.706. The van der Waals surface area contributed by atoms with E-state index >= 15 is 0 Å². The summed E-state index contributed by atoms with van der Waals surface area (Å²) in [4.78, 5) is 47.8. The predicted molar refractivity (Wildman–Crippen MR) is 159 cm³/mol. The Morgan fingerprint density at radius 3 is 2.05 bits per heavy atom. The molecule has 1 rings (SSSR count). The van der Waals surface area contributed by atoms with Gasteiger partial charge in [-0.3, -0.25) is 4.79 Å². The highest BCUT2D eigenvalue weighted by molar-refractivity contribution is 6.76. The third-order valence-electron chi connectivity index (χ3n) is 6.80. The third-order valence-corrected chi connectivity index (χ3v) is 6.80. The van der Waals surface area contributed by atoms with Crippen LogP contribution in [-0.4, -0.2) is 74.5 Å². The Hall–Kier alpha value is -2.72. The highest BCUT2D eigenvalue weighted by Crippen LogP contribution is 2.48. The van der Waals surface area contributed by atoms with E-state index in [1.807, 2.05) is 47.6 Å². The van der Waals surface area contributed by atoms with Crippen molar-refractivity contribution in [3.05, 3.63) is 37.0 Å². The summed E-state index contributed by atoms with van der Waals surface area (Å²) < 4.78 is 22.6. The molecular weight excluding hydrogens is 525 g/mol. The molecule has 10 heteroatoms. The lowest BCUT2D eigenvalue weighted by Crippen LogP contribution is -2.50. The van der Waals surface area contributed by atoms with Gasteiger partial charge in [0.2, 0.25) is 7.28 Å². The summed E-state index contributed by atoms with van der Waals surface area (Å²) in [7, 11) is 1.53. The van der Waals surface area contributed by atoms with Crippen LogP contribution in [0.15, 0.2) is 37.0 Å². The first-order valence-corrected chi connectivity index (χ1v) is 14.0. The number of ether oxygens (including phenoxy) is 4. The maximum atomic E-state index is 12.4. The predicted octanol–water partition coefficient (Wildman–Crippen LogP) is 4.48. The lowest BCUT2D eigenvalue weighted by Gasteiger charge is -2.41. The molecule has 0 aromatic rings. The maximum absolute atomic E-state index is 12.4. The van der Waals surface area contributed by atoms with Gasteiger partial charge in [-0.2, -0.15) is 0 Å². The minimum absolute atomic E-state index is 0.109. The summed E-state index contributed by atoms with van der Waals surface area (Å²) in [6.45, 7) is 25.5. The van der Waals surface area contributed by atoms with Crippen molar-refractivity contribution in [2.75, 3.05) is 26.4 Å². The molecule has 1 fully saturated rings. The van der Waals surface area contributed by atoms with Crippen LogP contribution in [0.5, 0.6) is 0 Å². The van der Waals surface area contributed by atoms with Crippen LogP contribution in [0.2, 0.25) is 5.31 Å². The van der Waals surface area contributed by atoms with Crippen LogP contribution in [0.25, 0.3) is 0 Å². The Balaban J connectivity index is 2.72. The molecule has 41 heavy (non-hydrogen) atoms. The van der Waals surface area contributed by atoms with Gasteiger partial charge in [0.15, 0.2) is 6.61 Å². The highest BCUT2D eigenvalue weighted by atomic mass is 16.5. The number of amides is 1. The maximum Gasteiger partial charge on any atom is 0.333 e. The molecule has 1 amide bonds. The van der Waals surface area contributed by atoms with Gasteiger partial charge >= 0.3 is 11.9 Å². The van der Waals surface area contributed by atoms with Crippen molar-refractivity contribution in [1.29, 1.82) is 0 Å². The lowest BCUT2D eigenvalue weighted by atomic mass is 9.52. The number of esters is 2. The van der Waals surface area contributed by atoms with Crippen LogP contribution in [0.1, 0.15) is 81.1 Å². The first kappa shape index (κ1) is 36.3. The standard InChI is InChI=1S/C31H49BNO8/c1-12-31(18-30(10,11)41-20-29(8,9)33-25(35)17-39-27(37)22(4)5)15-13-14-23(31)40-19-28(6,7)32-24(34)16-38-26(36)21(2)3/h12,23H,1-2,4,13-20H2,3,5-11H3,(H,33,35). The van der Waals surface area contributed by atoms with Crippen molar-refractivity contribution >= 4 is 30.8 Å². The summed E-state index contributed by atoms with van der Waals surface area (Å²) >= 11 is 0. The second-order valence-corrected chi connectivity index (χ2v) is 13.1. The van der Waals surface area contributed by atoms with E-state index in [1.54, 1.807) is 0 Å². The van der Waals surface area contributed by atoms with Crippen LogP contribution in [-0.2, 0) is 38.1 Å². The van der Waals surface area contributed by atoms with Crippen LogP contribution < -0.4 is 5.32 Å². The van der Waals surface area contributed by atoms with Crippen molar-refractivity contribution in [2.45, 2.75) is 104 Å². The molecule has 0 spiro atoms. The van der Waals surface area contributed by atoms with Gasteiger partial charge in [-0.1, -0.05) is 33.1 Å². The van der Waals surface area contributed by atoms with Crippen LogP contribution >= 0.6 is 0 Å². The molecule has 2 atom stereocenters. The molecule has 229 valence electrons. The largest absolute Gasteiger partial charge is 0.455 e. The monoisotopic (exact) mass is 574 g/mol. The van der Waals surface area contributed by atoms with E-state index in [1.165, 1.54) is 21.1 Å². The number of hydrogen-bond donors (Lipinski definition) is 1. The summed E-state index contributed by atoms with van der Waals surface area (Å²) in [6, 6.07) is 0. The van der Waals surface area contributed by atoms with Gasteiger partial charge in [0.1, 0.15) is 12.3 Å². The molecule has 1 aliphatic rings. The molecular formula is C31H49BNO8. The third kappa shape index (κ3) is 12.8. The molecule has 1 N–H and O–H groups in total. The molecule has 1 saturated carbocycles. The van der Waals surface area contributed by atoms with Crippen molar-refractivity contribution < 1.29 is 38.1 Å². The molecule has 0 aromatic carbocycles. The quantitative estimate of drug-likeness (QED) is 0.110. The van der Waals surface area contributed by atoms with Gasteiger partial charge in [0.25, 0.3) is 5.91 Å². The fraction of sp³-hybridized carbons (Fsp3) is 0.677. The van der Waals surface area contributed by atoms with Crippen molar-refractivity contribution in [1.82, 2.24) is 5.32 Å². The Morgan fingerprint density at radius 1 is 0.951 bits per heavy atom.